The second-order valence-corrected chi connectivity index (χ2v) is 5.00. The molecular weight excluding hydrogens is 254 g/mol. The third-order valence-corrected chi connectivity index (χ3v) is 3.56. The predicted molar refractivity (Wildman–Crippen MR) is 78.7 cm³/mol. The first-order valence-electron chi connectivity index (χ1n) is 7.05. The molecule has 1 aliphatic heterocycles. The number of rotatable bonds is 5. The minimum atomic E-state index is -0.196. The lowest BCUT2D eigenvalue weighted by atomic mass is 10.1. The van der Waals surface area contributed by atoms with E-state index in [0.29, 0.717) is 23.7 Å². The number of benzene rings is 1. The molecule has 20 heavy (non-hydrogen) atoms. The lowest BCUT2D eigenvalue weighted by molar-refractivity contribution is -0.116. The summed E-state index contributed by atoms with van der Waals surface area (Å²) in [5.41, 5.74) is 1.05. The molecule has 0 bridgehead atoms. The van der Waals surface area contributed by atoms with Crippen LogP contribution in [0.3, 0.4) is 0 Å². The second kappa shape index (κ2) is 7.05. The van der Waals surface area contributed by atoms with E-state index in [2.05, 4.69) is 16.0 Å². The molecular formula is C15H21N3O2. The van der Waals surface area contributed by atoms with E-state index in [1.807, 2.05) is 0 Å². The van der Waals surface area contributed by atoms with Crippen LogP contribution in [-0.2, 0) is 4.79 Å². The van der Waals surface area contributed by atoms with E-state index in [1.54, 1.807) is 31.3 Å². The minimum Gasteiger partial charge on any atom is -0.355 e. The van der Waals surface area contributed by atoms with Gasteiger partial charge in [-0.15, -0.1) is 0 Å². The van der Waals surface area contributed by atoms with Gasteiger partial charge in [-0.2, -0.15) is 0 Å². The van der Waals surface area contributed by atoms with Gasteiger partial charge < -0.3 is 16.0 Å². The Morgan fingerprint density at radius 2 is 2.15 bits per heavy atom. The van der Waals surface area contributed by atoms with E-state index in [1.165, 1.54) is 6.42 Å². The minimum absolute atomic E-state index is 0.0462. The topological polar surface area (TPSA) is 70.2 Å². The summed E-state index contributed by atoms with van der Waals surface area (Å²) in [5.74, 6) is -0.242. The molecule has 1 aromatic carbocycles. The van der Waals surface area contributed by atoms with Crippen LogP contribution < -0.4 is 16.0 Å². The molecule has 1 saturated heterocycles. The number of nitrogens with one attached hydrogen (secondary N) is 3. The van der Waals surface area contributed by atoms with Gasteiger partial charge in [0.15, 0.2) is 0 Å². The standard InChI is InChI=1S/C15H21N3O2/c1-16-15(20)12-6-2-3-7-13(12)18-14(19)9-8-11-5-4-10-17-11/h2-3,6-7,11,17H,4-5,8-10H2,1H3,(H,16,20)(H,18,19). The summed E-state index contributed by atoms with van der Waals surface area (Å²) >= 11 is 0. The highest BCUT2D eigenvalue weighted by Crippen LogP contribution is 2.16. The summed E-state index contributed by atoms with van der Waals surface area (Å²) in [7, 11) is 1.58. The van der Waals surface area contributed by atoms with Gasteiger partial charge in [0.05, 0.1) is 11.3 Å². The Morgan fingerprint density at radius 3 is 2.85 bits per heavy atom. The third kappa shape index (κ3) is 3.81. The number of hydrogen-bond acceptors (Lipinski definition) is 3. The van der Waals surface area contributed by atoms with Crippen molar-refractivity contribution in [3.63, 3.8) is 0 Å². The van der Waals surface area contributed by atoms with Crippen LogP contribution in [-0.4, -0.2) is 31.4 Å². The van der Waals surface area contributed by atoms with Gasteiger partial charge in [0.25, 0.3) is 5.91 Å². The number of para-hydroxylation sites is 1. The van der Waals surface area contributed by atoms with Crippen LogP contribution in [0.1, 0.15) is 36.0 Å². The van der Waals surface area contributed by atoms with Gasteiger partial charge in [0, 0.05) is 19.5 Å². The van der Waals surface area contributed by atoms with Gasteiger partial charge in [0.2, 0.25) is 5.91 Å². The maximum absolute atomic E-state index is 12.0. The van der Waals surface area contributed by atoms with Crippen molar-refractivity contribution in [1.82, 2.24) is 10.6 Å². The Labute approximate surface area is 119 Å². The second-order valence-electron chi connectivity index (χ2n) is 5.00. The highest BCUT2D eigenvalue weighted by atomic mass is 16.2. The fourth-order valence-electron chi connectivity index (χ4n) is 2.45. The molecule has 0 aromatic heterocycles. The zero-order chi connectivity index (χ0) is 14.4. The van der Waals surface area contributed by atoms with E-state index >= 15 is 0 Å². The molecule has 0 radical (unpaired) electrons. The van der Waals surface area contributed by atoms with Crippen LogP contribution in [0, 0.1) is 0 Å². The van der Waals surface area contributed by atoms with Crippen molar-refractivity contribution in [3.8, 4) is 0 Å². The van der Waals surface area contributed by atoms with Gasteiger partial charge in [-0.3, -0.25) is 9.59 Å². The normalized spacial score (nSPS) is 17.8. The van der Waals surface area contributed by atoms with Crippen molar-refractivity contribution in [2.24, 2.45) is 0 Å². The molecule has 0 aliphatic carbocycles. The molecule has 2 amide bonds. The molecule has 108 valence electrons. The smallest absolute Gasteiger partial charge is 0.253 e. The summed E-state index contributed by atoms with van der Waals surface area (Å²) in [6.45, 7) is 1.05. The average Bonchev–Trinajstić information content (AvgIpc) is 2.98. The molecule has 1 heterocycles. The summed E-state index contributed by atoms with van der Waals surface area (Å²) in [5, 5.41) is 8.76. The molecule has 1 aromatic rings. The number of amides is 2. The molecule has 5 nitrogen and oxygen atoms in total. The van der Waals surface area contributed by atoms with Crippen LogP contribution in [0.4, 0.5) is 5.69 Å². The highest BCUT2D eigenvalue weighted by molar-refractivity contribution is 6.03. The van der Waals surface area contributed by atoms with Crippen LogP contribution >= 0.6 is 0 Å². The van der Waals surface area contributed by atoms with Gasteiger partial charge >= 0.3 is 0 Å². The van der Waals surface area contributed by atoms with Crippen LogP contribution in [0.15, 0.2) is 24.3 Å². The van der Waals surface area contributed by atoms with Gasteiger partial charge in [0.1, 0.15) is 0 Å². The van der Waals surface area contributed by atoms with E-state index in [0.717, 1.165) is 19.4 Å². The first-order chi connectivity index (χ1) is 9.70. The summed E-state index contributed by atoms with van der Waals surface area (Å²) in [4.78, 5) is 23.7. The quantitative estimate of drug-likeness (QED) is 0.763. The largest absolute Gasteiger partial charge is 0.355 e. The van der Waals surface area contributed by atoms with Crippen molar-refractivity contribution in [3.05, 3.63) is 29.8 Å². The number of carbonyl (C=O) groups is 2. The zero-order valence-electron chi connectivity index (χ0n) is 11.7. The first-order valence-corrected chi connectivity index (χ1v) is 7.05. The van der Waals surface area contributed by atoms with Crippen LogP contribution in [0.5, 0.6) is 0 Å². The average molecular weight is 275 g/mol. The van der Waals surface area contributed by atoms with Crippen molar-refractivity contribution < 1.29 is 9.59 Å². The van der Waals surface area contributed by atoms with Crippen LogP contribution in [0.25, 0.3) is 0 Å². The molecule has 3 N–H and O–H groups in total. The molecule has 5 heteroatoms. The predicted octanol–water partition coefficient (Wildman–Crippen LogP) is 1.52. The third-order valence-electron chi connectivity index (χ3n) is 3.56. The van der Waals surface area contributed by atoms with Crippen molar-refractivity contribution in [2.75, 3.05) is 18.9 Å². The molecule has 1 atom stereocenters. The van der Waals surface area contributed by atoms with Crippen molar-refractivity contribution in [2.45, 2.75) is 31.7 Å². The molecule has 0 saturated carbocycles. The van der Waals surface area contributed by atoms with Gasteiger partial charge in [-0.05, 0) is 37.9 Å². The lowest BCUT2D eigenvalue weighted by Crippen LogP contribution is -2.24. The van der Waals surface area contributed by atoms with E-state index < -0.39 is 0 Å². The van der Waals surface area contributed by atoms with Crippen molar-refractivity contribution in [1.29, 1.82) is 0 Å². The summed E-state index contributed by atoms with van der Waals surface area (Å²) in [6, 6.07) is 7.49. The zero-order valence-corrected chi connectivity index (χ0v) is 11.7. The Kier molecular flexibility index (Phi) is 5.12. The number of carbonyl (C=O) groups excluding carboxylic acids is 2. The number of anilines is 1. The Bertz CT molecular complexity index is 482. The lowest BCUT2D eigenvalue weighted by Gasteiger charge is -2.12. The SMILES string of the molecule is CNC(=O)c1ccccc1NC(=O)CCC1CCCN1. The first kappa shape index (κ1) is 14.5. The van der Waals surface area contributed by atoms with Gasteiger partial charge in [-0.25, -0.2) is 0 Å². The Morgan fingerprint density at radius 1 is 1.35 bits per heavy atom. The van der Waals surface area contributed by atoms with Gasteiger partial charge in [-0.1, -0.05) is 12.1 Å². The Balaban J connectivity index is 1.91. The summed E-state index contributed by atoms with van der Waals surface area (Å²) < 4.78 is 0. The van der Waals surface area contributed by atoms with E-state index in [-0.39, 0.29) is 11.8 Å². The highest BCUT2D eigenvalue weighted by Gasteiger charge is 2.16. The Hall–Kier alpha value is -1.88. The molecule has 1 fully saturated rings. The van der Waals surface area contributed by atoms with Crippen molar-refractivity contribution >= 4 is 17.5 Å². The fourth-order valence-corrected chi connectivity index (χ4v) is 2.45. The maximum Gasteiger partial charge on any atom is 0.253 e. The van der Waals surface area contributed by atoms with Crippen LogP contribution in [0.2, 0.25) is 0 Å². The number of hydrogen-bond donors (Lipinski definition) is 3. The fraction of sp³-hybridized carbons (Fsp3) is 0.467. The molecule has 1 unspecified atom stereocenters. The molecule has 0 spiro atoms. The van der Waals surface area contributed by atoms with E-state index in [9.17, 15) is 9.59 Å². The monoisotopic (exact) mass is 275 g/mol. The summed E-state index contributed by atoms with van der Waals surface area (Å²) in [6.07, 6.45) is 3.64. The molecule has 2 rings (SSSR count). The molecule has 1 aliphatic rings. The maximum atomic E-state index is 12.0. The van der Waals surface area contributed by atoms with E-state index in [4.69, 9.17) is 0 Å².